The van der Waals surface area contributed by atoms with E-state index in [-0.39, 0.29) is 47.2 Å². The fourth-order valence-electron chi connectivity index (χ4n) is 4.90. The first kappa shape index (κ1) is 37.4. The Morgan fingerprint density at radius 1 is 1.15 bits per heavy atom. The molecule has 0 fully saturated rings. The summed E-state index contributed by atoms with van der Waals surface area (Å²) in [5, 5.41) is 0.644. The van der Waals surface area contributed by atoms with Gasteiger partial charge in [0.1, 0.15) is 11.1 Å². The van der Waals surface area contributed by atoms with E-state index in [2.05, 4.69) is 28.1 Å². The molecule has 0 bridgehead atoms. The van der Waals surface area contributed by atoms with E-state index in [9.17, 15) is 13.5 Å². The van der Waals surface area contributed by atoms with Crippen LogP contribution in [0, 0.1) is 5.92 Å². The first-order chi connectivity index (χ1) is 19.5. The fraction of sp³-hybridized carbons (Fsp3) is 0.571. The standard InChI is InChI=1S/C20H17Cl2FIN2O4PS.4C2H6/c21-10-7-11-14(22)3-2-9-6-12-16-18(27)25(4-1-5-29-31-24)20(28)26(32-23)19(16)30-17(12)13(8-10)15(9)11;4*1-2/h2-3,8-9,13-14,31H,1,4-7H2;4*1-2H3. The third-order valence-corrected chi connectivity index (χ3v) is 8.56. The summed E-state index contributed by atoms with van der Waals surface area (Å²) in [6, 6.07) is 0. The molecule has 40 heavy (non-hydrogen) atoms. The molecule has 0 aromatic carbocycles. The lowest BCUT2D eigenvalue weighted by molar-refractivity contribution is 0.345. The van der Waals surface area contributed by atoms with Crippen molar-refractivity contribution < 1.29 is 12.8 Å². The summed E-state index contributed by atoms with van der Waals surface area (Å²) in [4.78, 5) is 26.3. The number of aromatic nitrogens is 2. The van der Waals surface area contributed by atoms with Crippen molar-refractivity contribution in [3.05, 3.63) is 66.6 Å². The van der Waals surface area contributed by atoms with E-state index in [0.29, 0.717) is 48.7 Å². The second kappa shape index (κ2) is 18.9. The lowest BCUT2D eigenvalue weighted by Gasteiger charge is -2.37. The molecule has 2 aromatic heterocycles. The number of alkyl halides is 1. The zero-order valence-corrected chi connectivity index (χ0v) is 29.9. The molecule has 226 valence electrons. The Morgan fingerprint density at radius 2 is 1.80 bits per heavy atom. The van der Waals surface area contributed by atoms with Gasteiger partial charge in [0.25, 0.3) is 5.56 Å². The number of hydrogen-bond acceptors (Lipinski definition) is 5. The minimum absolute atomic E-state index is 0.0450. The van der Waals surface area contributed by atoms with Gasteiger partial charge in [-0.1, -0.05) is 85.2 Å². The molecule has 2 aromatic rings. The second-order valence-corrected chi connectivity index (χ2v) is 11.1. The molecular weight excluding hydrogens is 708 g/mol. The number of halogens is 4. The van der Waals surface area contributed by atoms with Crippen LogP contribution in [0.3, 0.4) is 0 Å². The first-order valence-corrected chi connectivity index (χ1v) is 19.5. The van der Waals surface area contributed by atoms with E-state index >= 15 is 0 Å². The van der Waals surface area contributed by atoms with Crippen LogP contribution in [0.2, 0.25) is 0 Å². The van der Waals surface area contributed by atoms with Crippen molar-refractivity contribution in [1.82, 2.24) is 8.54 Å². The molecule has 2 heterocycles. The maximum Gasteiger partial charge on any atom is 0.346 e. The van der Waals surface area contributed by atoms with Gasteiger partial charge < -0.3 is 8.94 Å². The monoisotopic (exact) mass is 748 g/mol. The largest absolute Gasteiger partial charge is 0.442 e. The fourth-order valence-corrected chi connectivity index (χ4v) is 6.69. The van der Waals surface area contributed by atoms with Crippen molar-refractivity contribution in [2.75, 3.05) is 6.61 Å². The molecule has 0 N–H and O–H groups in total. The zero-order valence-electron chi connectivity index (χ0n) is 24.4. The average molecular weight is 749 g/mol. The Kier molecular flexibility index (Phi) is 17.6. The average Bonchev–Trinajstić information content (AvgIpc) is 3.38. The van der Waals surface area contributed by atoms with Crippen LogP contribution < -0.4 is 11.2 Å². The zero-order chi connectivity index (χ0) is 30.6. The predicted molar refractivity (Wildman–Crippen MR) is 181 cm³/mol. The van der Waals surface area contributed by atoms with Crippen molar-refractivity contribution >= 4 is 75.1 Å². The number of rotatable bonds is 6. The van der Waals surface area contributed by atoms with Crippen molar-refractivity contribution in [3.8, 4) is 0 Å². The molecule has 12 heteroatoms. The van der Waals surface area contributed by atoms with Gasteiger partial charge in [0, 0.05) is 29.5 Å². The first-order valence-electron chi connectivity index (χ1n) is 13.9. The highest BCUT2D eigenvalue weighted by Crippen LogP contribution is 2.52. The van der Waals surface area contributed by atoms with E-state index in [0.717, 1.165) is 19.7 Å². The van der Waals surface area contributed by atoms with Gasteiger partial charge in [0.05, 0.1) is 24.4 Å². The second-order valence-electron chi connectivity index (χ2n) is 7.85. The molecule has 4 unspecified atom stereocenters. The minimum atomic E-state index is -0.756. The summed E-state index contributed by atoms with van der Waals surface area (Å²) < 4.78 is 27.2. The summed E-state index contributed by atoms with van der Waals surface area (Å²) >= 11 is 14.8. The SMILES string of the molecule is CC.CC.CC.CC.O=c1c2c3c(oc2n(SF)c(=O)n1CCCOPI)C1C=C(Cl)CC2=C1C(C=CC2Cl)C3. The van der Waals surface area contributed by atoms with Crippen LogP contribution in [0.4, 0.5) is 3.89 Å². The Bertz CT molecular complexity index is 1320. The summed E-state index contributed by atoms with van der Waals surface area (Å²) in [5.74, 6) is 0.286. The van der Waals surface area contributed by atoms with Crippen LogP contribution >= 0.6 is 64.0 Å². The number of allylic oxidation sites excluding steroid dienone is 6. The maximum absolute atomic E-state index is 13.9. The van der Waals surface area contributed by atoms with Gasteiger partial charge in [-0.05, 0) is 46.0 Å². The van der Waals surface area contributed by atoms with Gasteiger partial charge in [-0.25, -0.2) is 4.79 Å². The molecule has 3 aliphatic carbocycles. The van der Waals surface area contributed by atoms with Crippen LogP contribution in [0.25, 0.3) is 11.1 Å². The van der Waals surface area contributed by atoms with Gasteiger partial charge in [-0.3, -0.25) is 9.36 Å². The summed E-state index contributed by atoms with van der Waals surface area (Å²) in [7, 11) is 0. The molecule has 4 atom stereocenters. The molecule has 0 spiro atoms. The third-order valence-electron chi connectivity index (χ3n) is 6.18. The summed E-state index contributed by atoms with van der Waals surface area (Å²) in [6.45, 7) is 16.8. The minimum Gasteiger partial charge on any atom is -0.442 e. The third kappa shape index (κ3) is 7.67. The summed E-state index contributed by atoms with van der Waals surface area (Å²) in [5.41, 5.74) is 1.60. The molecule has 6 nitrogen and oxygen atoms in total. The van der Waals surface area contributed by atoms with Crippen LogP contribution in [0.5, 0.6) is 0 Å². The highest BCUT2D eigenvalue weighted by Gasteiger charge is 2.41. The van der Waals surface area contributed by atoms with E-state index in [1.54, 1.807) is 0 Å². The van der Waals surface area contributed by atoms with Gasteiger partial charge >= 0.3 is 5.69 Å². The quantitative estimate of drug-likeness (QED) is 0.0968. The molecule has 5 rings (SSSR count). The van der Waals surface area contributed by atoms with Crippen LogP contribution in [0.15, 0.2) is 48.4 Å². The topological polar surface area (TPSA) is 66.4 Å². The van der Waals surface area contributed by atoms with Gasteiger partial charge in [0.15, 0.2) is 12.3 Å². The van der Waals surface area contributed by atoms with E-state index in [4.69, 9.17) is 32.1 Å². The highest BCUT2D eigenvalue weighted by atomic mass is 127. The van der Waals surface area contributed by atoms with Crippen LogP contribution in [-0.4, -0.2) is 20.5 Å². The molecule has 0 saturated heterocycles. The van der Waals surface area contributed by atoms with E-state index in [1.165, 1.54) is 0 Å². The lowest BCUT2D eigenvalue weighted by atomic mass is 9.68. The Morgan fingerprint density at radius 3 is 2.40 bits per heavy atom. The van der Waals surface area contributed by atoms with E-state index < -0.39 is 11.2 Å². The van der Waals surface area contributed by atoms with Crippen molar-refractivity contribution in [2.45, 2.75) is 92.5 Å². The highest BCUT2D eigenvalue weighted by molar-refractivity contribution is 14.2. The van der Waals surface area contributed by atoms with Gasteiger partial charge in [-0.15, -0.1) is 15.5 Å². The number of nitrogens with zero attached hydrogens (tertiary/aromatic N) is 2. The molecule has 0 amide bonds. The lowest BCUT2D eigenvalue weighted by Crippen LogP contribution is -2.38. The van der Waals surface area contributed by atoms with Crippen LogP contribution in [-0.2, 0) is 17.5 Å². The Hall–Kier alpha value is -0.580. The molecule has 3 aliphatic rings. The molecule has 0 radical (unpaired) electrons. The Labute approximate surface area is 266 Å². The van der Waals surface area contributed by atoms with Crippen molar-refractivity contribution in [2.24, 2.45) is 5.92 Å². The number of furan rings is 1. The molecule has 0 aliphatic heterocycles. The van der Waals surface area contributed by atoms with Gasteiger partial charge in [0.2, 0.25) is 5.71 Å². The molecular formula is C28H41Cl2FIN2O4PS. The maximum atomic E-state index is 13.9. The smallest absolute Gasteiger partial charge is 0.346 e. The Balaban J connectivity index is 0.000000921. The molecule has 0 saturated carbocycles. The number of fused-ring (bicyclic) bond motifs is 4. The summed E-state index contributed by atoms with van der Waals surface area (Å²) in [6.07, 6.45) is 7.47. The normalized spacial score (nSPS) is 20.1. The predicted octanol–water partition coefficient (Wildman–Crippen LogP) is 9.85. The number of hydrogen-bond donors (Lipinski definition) is 0. The van der Waals surface area contributed by atoms with Crippen molar-refractivity contribution in [1.29, 1.82) is 0 Å². The van der Waals surface area contributed by atoms with Gasteiger partial charge in [-0.2, -0.15) is 3.97 Å². The van der Waals surface area contributed by atoms with Crippen molar-refractivity contribution in [3.63, 3.8) is 0 Å². The van der Waals surface area contributed by atoms with Crippen LogP contribution in [0.1, 0.15) is 85.5 Å². The van der Waals surface area contributed by atoms with E-state index in [1.807, 2.05) is 67.5 Å².